The lowest BCUT2D eigenvalue weighted by molar-refractivity contribution is 0.112. The number of halogens is 1. The van der Waals surface area contributed by atoms with Gasteiger partial charge in [-0.05, 0) is 37.2 Å². The summed E-state index contributed by atoms with van der Waals surface area (Å²) in [5, 5.41) is 4.23. The first kappa shape index (κ1) is 16.5. The number of hydrogen-bond acceptors (Lipinski definition) is 4. The van der Waals surface area contributed by atoms with Crippen LogP contribution in [0.4, 0.5) is 0 Å². The lowest BCUT2D eigenvalue weighted by atomic mass is 10.2. The number of thiophene rings is 1. The summed E-state index contributed by atoms with van der Waals surface area (Å²) in [6.45, 7) is 6.76. The zero-order chi connectivity index (χ0) is 15.4. The number of hydrogen-bond donors (Lipinski definition) is 1. The van der Waals surface area contributed by atoms with Crippen molar-refractivity contribution >= 4 is 40.3 Å². The molecule has 0 aliphatic carbocycles. The SMILES string of the molecule is S=C(NC[C@@H]1CCCO1)N1CCN(Cc2ccc(Cl)s2)CC1. The van der Waals surface area contributed by atoms with Crippen molar-refractivity contribution < 1.29 is 4.74 Å². The molecule has 122 valence electrons. The third-order valence-electron chi connectivity index (χ3n) is 4.17. The second kappa shape index (κ2) is 7.93. The average molecular weight is 360 g/mol. The molecule has 3 rings (SSSR count). The summed E-state index contributed by atoms with van der Waals surface area (Å²) in [7, 11) is 0. The first-order valence-electron chi connectivity index (χ1n) is 7.81. The summed E-state index contributed by atoms with van der Waals surface area (Å²) in [4.78, 5) is 6.06. The van der Waals surface area contributed by atoms with E-state index in [1.807, 2.05) is 6.07 Å². The molecule has 1 N–H and O–H groups in total. The average Bonchev–Trinajstić information content (AvgIpc) is 3.17. The second-order valence-corrected chi connectivity index (χ2v) is 7.98. The zero-order valence-electron chi connectivity index (χ0n) is 12.6. The number of nitrogens with zero attached hydrogens (tertiary/aromatic N) is 2. The fourth-order valence-corrected chi connectivity index (χ4v) is 4.28. The Hall–Kier alpha value is -0.400. The highest BCUT2D eigenvalue weighted by atomic mass is 35.5. The van der Waals surface area contributed by atoms with E-state index in [9.17, 15) is 0 Å². The number of piperazine rings is 1. The van der Waals surface area contributed by atoms with Crippen molar-refractivity contribution in [1.29, 1.82) is 0 Å². The second-order valence-electron chi connectivity index (χ2n) is 5.79. The normalized spacial score (nSPS) is 23.0. The van der Waals surface area contributed by atoms with Gasteiger partial charge in [0.15, 0.2) is 5.11 Å². The molecule has 0 bridgehead atoms. The molecule has 7 heteroatoms. The Morgan fingerprint density at radius 1 is 1.36 bits per heavy atom. The third-order valence-corrected chi connectivity index (χ3v) is 5.79. The van der Waals surface area contributed by atoms with Crippen LogP contribution in [-0.4, -0.2) is 60.3 Å². The van der Waals surface area contributed by atoms with Crippen molar-refractivity contribution in [3.05, 3.63) is 21.3 Å². The number of ether oxygens (including phenoxy) is 1. The van der Waals surface area contributed by atoms with E-state index in [2.05, 4.69) is 21.2 Å². The minimum Gasteiger partial charge on any atom is -0.376 e. The fraction of sp³-hybridized carbons (Fsp3) is 0.667. The molecule has 1 aromatic rings. The summed E-state index contributed by atoms with van der Waals surface area (Å²) < 4.78 is 6.49. The predicted octanol–water partition coefficient (Wildman–Crippen LogP) is 2.57. The van der Waals surface area contributed by atoms with Crippen molar-refractivity contribution in [2.24, 2.45) is 0 Å². The summed E-state index contributed by atoms with van der Waals surface area (Å²) in [6.07, 6.45) is 2.65. The largest absolute Gasteiger partial charge is 0.376 e. The lowest BCUT2D eigenvalue weighted by Gasteiger charge is -2.36. The molecule has 2 saturated heterocycles. The molecule has 0 aromatic carbocycles. The molecule has 1 atom stereocenters. The van der Waals surface area contributed by atoms with Crippen LogP contribution >= 0.6 is 35.2 Å². The van der Waals surface area contributed by atoms with E-state index in [-0.39, 0.29) is 0 Å². The highest BCUT2D eigenvalue weighted by Crippen LogP contribution is 2.23. The minimum absolute atomic E-state index is 0.336. The maximum absolute atomic E-state index is 5.99. The van der Waals surface area contributed by atoms with E-state index < -0.39 is 0 Å². The first-order chi connectivity index (χ1) is 10.7. The van der Waals surface area contributed by atoms with Gasteiger partial charge in [-0.25, -0.2) is 0 Å². The maximum Gasteiger partial charge on any atom is 0.169 e. The Bertz CT molecular complexity index is 497. The molecule has 2 aliphatic heterocycles. The van der Waals surface area contributed by atoms with Crippen LogP contribution in [0.5, 0.6) is 0 Å². The molecule has 0 radical (unpaired) electrons. The molecule has 0 saturated carbocycles. The molecule has 22 heavy (non-hydrogen) atoms. The number of nitrogens with one attached hydrogen (secondary N) is 1. The Kier molecular flexibility index (Phi) is 5.93. The van der Waals surface area contributed by atoms with Crippen LogP contribution in [0.3, 0.4) is 0 Å². The molecular formula is C15H22ClN3OS2. The third kappa shape index (κ3) is 4.55. The van der Waals surface area contributed by atoms with Gasteiger partial charge in [-0.2, -0.15) is 0 Å². The van der Waals surface area contributed by atoms with Crippen molar-refractivity contribution in [3.63, 3.8) is 0 Å². The fourth-order valence-electron chi connectivity index (χ4n) is 2.88. The van der Waals surface area contributed by atoms with E-state index in [4.69, 9.17) is 28.6 Å². The van der Waals surface area contributed by atoms with E-state index in [1.54, 1.807) is 11.3 Å². The van der Waals surface area contributed by atoms with Crippen molar-refractivity contribution in [3.8, 4) is 0 Å². The molecule has 2 aliphatic rings. The van der Waals surface area contributed by atoms with Gasteiger partial charge in [0.05, 0.1) is 10.4 Å². The van der Waals surface area contributed by atoms with E-state index in [0.29, 0.717) is 6.10 Å². The van der Waals surface area contributed by atoms with Gasteiger partial charge in [0.1, 0.15) is 0 Å². The summed E-state index contributed by atoms with van der Waals surface area (Å²) in [6, 6.07) is 4.09. The minimum atomic E-state index is 0.336. The van der Waals surface area contributed by atoms with Crippen LogP contribution in [0.1, 0.15) is 17.7 Å². The molecule has 2 fully saturated rings. The standard InChI is InChI=1S/C15H22ClN3OS2/c16-14-4-3-13(22-14)11-18-5-7-19(8-6-18)15(21)17-10-12-2-1-9-20-12/h3-4,12H,1-2,5-11H2,(H,17,21)/t12-/m0/s1. The highest BCUT2D eigenvalue weighted by molar-refractivity contribution is 7.80. The van der Waals surface area contributed by atoms with E-state index >= 15 is 0 Å². The Balaban J connectivity index is 1.38. The molecule has 0 unspecified atom stereocenters. The maximum atomic E-state index is 5.99. The highest BCUT2D eigenvalue weighted by Gasteiger charge is 2.21. The quantitative estimate of drug-likeness (QED) is 0.834. The molecule has 0 spiro atoms. The van der Waals surface area contributed by atoms with E-state index in [0.717, 1.165) is 61.7 Å². The van der Waals surface area contributed by atoms with Gasteiger partial charge in [0.2, 0.25) is 0 Å². The van der Waals surface area contributed by atoms with Crippen LogP contribution in [0.25, 0.3) is 0 Å². The Morgan fingerprint density at radius 3 is 2.82 bits per heavy atom. The molecular weight excluding hydrogens is 338 g/mol. The van der Waals surface area contributed by atoms with Crippen LogP contribution in [0.15, 0.2) is 12.1 Å². The molecule has 4 nitrogen and oxygen atoms in total. The van der Waals surface area contributed by atoms with Gasteiger partial charge < -0.3 is 15.0 Å². The summed E-state index contributed by atoms with van der Waals surface area (Å²) >= 11 is 13.2. The van der Waals surface area contributed by atoms with Crippen LogP contribution < -0.4 is 5.32 Å². The van der Waals surface area contributed by atoms with Gasteiger partial charge in [-0.3, -0.25) is 4.90 Å². The van der Waals surface area contributed by atoms with Crippen molar-refractivity contribution in [2.45, 2.75) is 25.5 Å². The molecule has 0 amide bonds. The summed E-state index contributed by atoms with van der Waals surface area (Å²) in [5.74, 6) is 0. The van der Waals surface area contributed by atoms with Gasteiger partial charge in [-0.1, -0.05) is 11.6 Å². The predicted molar refractivity (Wildman–Crippen MR) is 95.8 cm³/mol. The van der Waals surface area contributed by atoms with Crippen molar-refractivity contribution in [1.82, 2.24) is 15.1 Å². The van der Waals surface area contributed by atoms with Crippen LogP contribution in [0.2, 0.25) is 4.34 Å². The Labute approximate surface area is 146 Å². The van der Waals surface area contributed by atoms with E-state index in [1.165, 1.54) is 11.3 Å². The molecule has 3 heterocycles. The molecule has 1 aromatic heterocycles. The summed E-state index contributed by atoms with van der Waals surface area (Å²) in [5.41, 5.74) is 0. The number of thiocarbonyl (C=S) groups is 1. The van der Waals surface area contributed by atoms with Crippen LogP contribution in [-0.2, 0) is 11.3 Å². The van der Waals surface area contributed by atoms with Crippen molar-refractivity contribution in [2.75, 3.05) is 39.3 Å². The zero-order valence-corrected chi connectivity index (χ0v) is 15.0. The number of rotatable bonds is 4. The van der Waals surface area contributed by atoms with Gasteiger partial charge in [-0.15, -0.1) is 11.3 Å². The van der Waals surface area contributed by atoms with Gasteiger partial charge >= 0.3 is 0 Å². The van der Waals surface area contributed by atoms with Gasteiger partial charge in [0, 0.05) is 50.8 Å². The lowest BCUT2D eigenvalue weighted by Crippen LogP contribution is -2.52. The monoisotopic (exact) mass is 359 g/mol. The first-order valence-corrected chi connectivity index (χ1v) is 9.42. The topological polar surface area (TPSA) is 27.7 Å². The Morgan fingerprint density at radius 2 is 2.18 bits per heavy atom. The van der Waals surface area contributed by atoms with Gasteiger partial charge in [0.25, 0.3) is 0 Å². The van der Waals surface area contributed by atoms with Crippen LogP contribution in [0, 0.1) is 0 Å². The smallest absolute Gasteiger partial charge is 0.169 e.